The molecule has 2 atom stereocenters. The number of benzene rings is 1. The predicted molar refractivity (Wildman–Crippen MR) is 82.7 cm³/mol. The Hall–Kier alpha value is -0.790. The molecule has 1 heterocycles. The maximum Gasteiger partial charge on any atom is 0.240 e. The number of nitrogens with one attached hydrogen (secondary N) is 1. The summed E-state index contributed by atoms with van der Waals surface area (Å²) < 4.78 is 38.7. The first-order valence-electron chi connectivity index (χ1n) is 7.08. The molecular formula is C14H18BrNO4S. The first-order valence-corrected chi connectivity index (χ1v) is 9.68. The van der Waals surface area contributed by atoms with Gasteiger partial charge in [0.2, 0.25) is 10.0 Å². The lowest BCUT2D eigenvalue weighted by molar-refractivity contribution is 0.171. The fourth-order valence-electron chi connectivity index (χ4n) is 2.83. The topological polar surface area (TPSA) is 64.6 Å². The van der Waals surface area contributed by atoms with Gasteiger partial charge in [-0.3, -0.25) is 0 Å². The zero-order valence-electron chi connectivity index (χ0n) is 11.5. The number of ether oxygens (including phenoxy) is 2. The van der Waals surface area contributed by atoms with Crippen LogP contribution in [0.1, 0.15) is 19.3 Å². The highest BCUT2D eigenvalue weighted by Gasteiger charge is 2.31. The van der Waals surface area contributed by atoms with E-state index >= 15 is 0 Å². The SMILES string of the molecule is O=S(=O)(NC1CCCC1CBr)c1ccc2c(c1)OCCO2. The van der Waals surface area contributed by atoms with Crippen LogP contribution in [0.15, 0.2) is 23.1 Å². The van der Waals surface area contributed by atoms with Crippen molar-refractivity contribution in [3.8, 4) is 11.5 Å². The summed E-state index contributed by atoms with van der Waals surface area (Å²) in [5, 5.41) is 0.821. The van der Waals surface area contributed by atoms with E-state index in [0.29, 0.717) is 30.6 Å². The van der Waals surface area contributed by atoms with E-state index in [-0.39, 0.29) is 10.9 Å². The summed E-state index contributed by atoms with van der Waals surface area (Å²) in [5.41, 5.74) is 0. The second-order valence-corrected chi connectivity index (χ2v) is 7.74. The monoisotopic (exact) mass is 375 g/mol. The maximum absolute atomic E-state index is 12.5. The summed E-state index contributed by atoms with van der Waals surface area (Å²) >= 11 is 3.46. The van der Waals surface area contributed by atoms with Gasteiger partial charge < -0.3 is 9.47 Å². The molecule has 0 aromatic heterocycles. The third kappa shape index (κ3) is 3.19. The van der Waals surface area contributed by atoms with Crippen LogP contribution >= 0.6 is 15.9 Å². The second-order valence-electron chi connectivity index (χ2n) is 5.38. The zero-order valence-corrected chi connectivity index (χ0v) is 14.0. The number of fused-ring (bicyclic) bond motifs is 1. The summed E-state index contributed by atoms with van der Waals surface area (Å²) in [6.45, 7) is 0.935. The molecule has 0 spiro atoms. The van der Waals surface area contributed by atoms with Crippen molar-refractivity contribution in [3.05, 3.63) is 18.2 Å². The molecular weight excluding hydrogens is 358 g/mol. The molecule has 0 saturated heterocycles. The molecule has 2 unspecified atom stereocenters. The van der Waals surface area contributed by atoms with Gasteiger partial charge in [0.15, 0.2) is 11.5 Å². The van der Waals surface area contributed by atoms with Gasteiger partial charge in [0.05, 0.1) is 4.90 Å². The normalized spacial score (nSPS) is 25.0. The Balaban J connectivity index is 1.81. The molecule has 5 nitrogen and oxygen atoms in total. The Kier molecular flexibility index (Phi) is 4.42. The molecule has 1 N–H and O–H groups in total. The number of rotatable bonds is 4. The van der Waals surface area contributed by atoms with Crippen molar-refractivity contribution in [2.45, 2.75) is 30.2 Å². The Morgan fingerprint density at radius 2 is 1.95 bits per heavy atom. The first kappa shape index (κ1) is 15.1. The summed E-state index contributed by atoms with van der Waals surface area (Å²) in [7, 11) is -3.53. The Morgan fingerprint density at radius 3 is 2.71 bits per heavy atom. The van der Waals surface area contributed by atoms with Crippen LogP contribution in [0.2, 0.25) is 0 Å². The standard InChI is InChI=1S/C14H18BrNO4S/c15-9-10-2-1-3-12(10)16-21(17,18)11-4-5-13-14(8-11)20-7-6-19-13/h4-5,8,10,12,16H,1-3,6-7,9H2. The molecule has 0 amide bonds. The quantitative estimate of drug-likeness (QED) is 0.820. The Labute approximate surface area is 133 Å². The van der Waals surface area contributed by atoms with Crippen molar-refractivity contribution >= 4 is 26.0 Å². The second kappa shape index (κ2) is 6.14. The third-order valence-corrected chi connectivity index (χ3v) is 6.31. The van der Waals surface area contributed by atoms with E-state index < -0.39 is 10.0 Å². The van der Waals surface area contributed by atoms with Gasteiger partial charge in [-0.2, -0.15) is 0 Å². The lowest BCUT2D eigenvalue weighted by Crippen LogP contribution is -2.37. The first-order chi connectivity index (χ1) is 10.1. The number of alkyl halides is 1. The smallest absolute Gasteiger partial charge is 0.240 e. The van der Waals surface area contributed by atoms with Gasteiger partial charge in [-0.25, -0.2) is 13.1 Å². The molecule has 1 saturated carbocycles. The van der Waals surface area contributed by atoms with E-state index in [9.17, 15) is 8.42 Å². The molecule has 21 heavy (non-hydrogen) atoms. The molecule has 1 fully saturated rings. The van der Waals surface area contributed by atoms with Crippen molar-refractivity contribution in [2.75, 3.05) is 18.5 Å². The number of hydrogen-bond donors (Lipinski definition) is 1. The summed E-state index contributed by atoms with van der Waals surface area (Å²) in [4.78, 5) is 0.229. The zero-order chi connectivity index (χ0) is 14.9. The highest BCUT2D eigenvalue weighted by molar-refractivity contribution is 9.09. The number of halogens is 1. The Morgan fingerprint density at radius 1 is 1.19 bits per heavy atom. The average molecular weight is 376 g/mol. The van der Waals surface area contributed by atoms with Crippen LogP contribution in [0.25, 0.3) is 0 Å². The van der Waals surface area contributed by atoms with E-state index in [1.807, 2.05) is 0 Å². The molecule has 0 bridgehead atoms. The lowest BCUT2D eigenvalue weighted by Gasteiger charge is -2.21. The minimum atomic E-state index is -3.53. The van der Waals surface area contributed by atoms with E-state index in [0.717, 1.165) is 24.6 Å². The third-order valence-electron chi connectivity index (χ3n) is 3.99. The largest absolute Gasteiger partial charge is 0.486 e. The molecule has 0 radical (unpaired) electrons. The van der Waals surface area contributed by atoms with E-state index in [2.05, 4.69) is 20.7 Å². The minimum absolute atomic E-state index is 0.00238. The van der Waals surface area contributed by atoms with Crippen molar-refractivity contribution < 1.29 is 17.9 Å². The van der Waals surface area contributed by atoms with Crippen molar-refractivity contribution in [2.24, 2.45) is 5.92 Å². The van der Waals surface area contributed by atoms with Crippen LogP contribution in [0, 0.1) is 5.92 Å². The molecule has 3 rings (SSSR count). The average Bonchev–Trinajstić information content (AvgIpc) is 2.93. The van der Waals surface area contributed by atoms with Gasteiger partial charge in [0.25, 0.3) is 0 Å². The molecule has 1 aliphatic carbocycles. The summed E-state index contributed by atoms with van der Waals surface area (Å²) in [6.07, 6.45) is 3.00. The fraction of sp³-hybridized carbons (Fsp3) is 0.571. The number of sulfonamides is 1. The van der Waals surface area contributed by atoms with Gasteiger partial charge in [-0.1, -0.05) is 22.4 Å². The van der Waals surface area contributed by atoms with Gasteiger partial charge in [0, 0.05) is 17.4 Å². The highest BCUT2D eigenvalue weighted by atomic mass is 79.9. The maximum atomic E-state index is 12.5. The minimum Gasteiger partial charge on any atom is -0.486 e. The summed E-state index contributed by atoms with van der Waals surface area (Å²) in [6, 6.07) is 4.75. The molecule has 116 valence electrons. The van der Waals surface area contributed by atoms with Crippen LogP contribution in [0.5, 0.6) is 11.5 Å². The molecule has 1 aliphatic heterocycles. The molecule has 2 aliphatic rings. The van der Waals surface area contributed by atoms with Crippen LogP contribution in [0.3, 0.4) is 0 Å². The fourth-order valence-corrected chi connectivity index (χ4v) is 4.96. The summed E-state index contributed by atoms with van der Waals surface area (Å²) in [5.74, 6) is 1.45. The van der Waals surface area contributed by atoms with Crippen LogP contribution in [-0.4, -0.2) is 33.0 Å². The van der Waals surface area contributed by atoms with E-state index in [1.54, 1.807) is 12.1 Å². The van der Waals surface area contributed by atoms with Gasteiger partial charge >= 0.3 is 0 Å². The Bertz CT molecular complexity index is 619. The van der Waals surface area contributed by atoms with Crippen LogP contribution < -0.4 is 14.2 Å². The molecule has 7 heteroatoms. The van der Waals surface area contributed by atoms with Gasteiger partial charge in [-0.05, 0) is 30.9 Å². The lowest BCUT2D eigenvalue weighted by atomic mass is 10.1. The number of hydrogen-bond acceptors (Lipinski definition) is 4. The van der Waals surface area contributed by atoms with Gasteiger partial charge in [-0.15, -0.1) is 0 Å². The molecule has 1 aromatic carbocycles. The van der Waals surface area contributed by atoms with Crippen LogP contribution in [0.4, 0.5) is 0 Å². The van der Waals surface area contributed by atoms with Gasteiger partial charge in [0.1, 0.15) is 13.2 Å². The van der Waals surface area contributed by atoms with E-state index in [4.69, 9.17) is 9.47 Å². The predicted octanol–water partition coefficient (Wildman–Crippen LogP) is 2.30. The molecule has 1 aromatic rings. The van der Waals surface area contributed by atoms with Crippen LogP contribution in [-0.2, 0) is 10.0 Å². The van der Waals surface area contributed by atoms with E-state index in [1.165, 1.54) is 6.07 Å². The van der Waals surface area contributed by atoms with Crippen molar-refractivity contribution in [1.29, 1.82) is 0 Å². The van der Waals surface area contributed by atoms with Crippen molar-refractivity contribution in [1.82, 2.24) is 4.72 Å². The van der Waals surface area contributed by atoms with Crippen molar-refractivity contribution in [3.63, 3.8) is 0 Å². The highest BCUT2D eigenvalue weighted by Crippen LogP contribution is 2.33.